The number of hydrogen-bond donors (Lipinski definition) is 2. The van der Waals surface area contributed by atoms with Crippen molar-refractivity contribution in [1.82, 2.24) is 15.0 Å². The maximum atomic E-state index is 5.47. The zero-order valence-electron chi connectivity index (χ0n) is 8.03. The highest BCUT2D eigenvalue weighted by Crippen LogP contribution is 2.28. The summed E-state index contributed by atoms with van der Waals surface area (Å²) in [5.74, 6) is 1.43. The molecule has 6 heteroatoms. The summed E-state index contributed by atoms with van der Waals surface area (Å²) >= 11 is 0. The van der Waals surface area contributed by atoms with Gasteiger partial charge in [0.1, 0.15) is 0 Å². The van der Waals surface area contributed by atoms with Crippen LogP contribution in [0.25, 0.3) is 0 Å². The van der Waals surface area contributed by atoms with Crippen LogP contribution in [0.15, 0.2) is 0 Å². The summed E-state index contributed by atoms with van der Waals surface area (Å²) in [6.07, 6.45) is 2.56. The van der Waals surface area contributed by atoms with E-state index in [1.54, 1.807) is 0 Å². The van der Waals surface area contributed by atoms with Gasteiger partial charge in [-0.3, -0.25) is 0 Å². The van der Waals surface area contributed by atoms with Gasteiger partial charge in [0.15, 0.2) is 0 Å². The van der Waals surface area contributed by atoms with E-state index in [0.29, 0.717) is 5.95 Å². The van der Waals surface area contributed by atoms with Crippen LogP contribution in [0.3, 0.4) is 0 Å². The van der Waals surface area contributed by atoms with Gasteiger partial charge in [0, 0.05) is 6.54 Å². The lowest BCUT2D eigenvalue weighted by atomic mass is 10.4. The Balaban J connectivity index is 2.03. The molecule has 0 radical (unpaired) electrons. The summed E-state index contributed by atoms with van der Waals surface area (Å²) in [6.45, 7) is 0.895. The zero-order chi connectivity index (χ0) is 9.97. The Hall–Kier alpha value is -1.59. The number of ether oxygens (including phenoxy) is 1. The maximum Gasteiger partial charge on any atom is 0.322 e. The van der Waals surface area contributed by atoms with Crippen molar-refractivity contribution in [2.45, 2.75) is 12.8 Å². The molecule has 3 N–H and O–H groups in total. The number of methoxy groups -OCH3 is 1. The molecule has 1 heterocycles. The van der Waals surface area contributed by atoms with Crippen LogP contribution in [0.4, 0.5) is 11.9 Å². The number of nitrogens with one attached hydrogen (secondary N) is 1. The van der Waals surface area contributed by atoms with Crippen LogP contribution >= 0.6 is 0 Å². The minimum Gasteiger partial charge on any atom is -0.467 e. The molecule has 0 bridgehead atoms. The standard InChI is InChI=1S/C8H13N5O/c1-14-8-12-6(9)11-7(13-8)10-4-5-2-3-5/h5H,2-4H2,1H3,(H3,9,10,11,12,13). The molecule has 14 heavy (non-hydrogen) atoms. The Labute approximate surface area is 81.9 Å². The molecule has 0 amide bonds. The third-order valence-corrected chi connectivity index (χ3v) is 2.06. The van der Waals surface area contributed by atoms with Gasteiger partial charge in [-0.25, -0.2) is 0 Å². The van der Waals surface area contributed by atoms with Crippen molar-refractivity contribution in [3.05, 3.63) is 0 Å². The first kappa shape index (κ1) is 8.98. The fourth-order valence-electron chi connectivity index (χ4n) is 1.10. The molecule has 76 valence electrons. The van der Waals surface area contributed by atoms with Crippen molar-refractivity contribution < 1.29 is 4.74 Å². The fourth-order valence-corrected chi connectivity index (χ4v) is 1.10. The van der Waals surface area contributed by atoms with E-state index in [9.17, 15) is 0 Å². The van der Waals surface area contributed by atoms with Crippen LogP contribution in [0.5, 0.6) is 6.01 Å². The summed E-state index contributed by atoms with van der Waals surface area (Å²) in [5, 5.41) is 3.10. The first-order chi connectivity index (χ1) is 6.78. The molecule has 0 atom stereocenters. The van der Waals surface area contributed by atoms with Crippen molar-refractivity contribution in [2.75, 3.05) is 24.7 Å². The number of nitrogens with two attached hydrogens (primary N) is 1. The smallest absolute Gasteiger partial charge is 0.322 e. The van der Waals surface area contributed by atoms with E-state index in [0.717, 1.165) is 12.5 Å². The molecule has 1 aromatic heterocycles. The van der Waals surface area contributed by atoms with E-state index in [4.69, 9.17) is 10.5 Å². The van der Waals surface area contributed by atoms with Gasteiger partial charge >= 0.3 is 6.01 Å². The van der Waals surface area contributed by atoms with Crippen LogP contribution in [-0.2, 0) is 0 Å². The van der Waals surface area contributed by atoms with Gasteiger partial charge in [-0.05, 0) is 18.8 Å². The zero-order valence-corrected chi connectivity index (χ0v) is 8.03. The second kappa shape index (κ2) is 3.65. The normalized spacial score (nSPS) is 15.2. The van der Waals surface area contributed by atoms with E-state index in [1.807, 2.05) is 0 Å². The average Bonchev–Trinajstić information content (AvgIpc) is 2.97. The molecule has 1 aliphatic carbocycles. The molecule has 1 aliphatic rings. The summed E-state index contributed by atoms with van der Waals surface area (Å²) in [6, 6.07) is 0.246. The number of nitrogen functional groups attached to an aromatic ring is 1. The second-order valence-corrected chi connectivity index (χ2v) is 3.33. The summed E-state index contributed by atoms with van der Waals surface area (Å²) < 4.78 is 4.88. The molecule has 1 aromatic rings. The topological polar surface area (TPSA) is 86.0 Å². The fraction of sp³-hybridized carbons (Fsp3) is 0.625. The lowest BCUT2D eigenvalue weighted by Crippen LogP contribution is -2.10. The summed E-state index contributed by atoms with van der Waals surface area (Å²) in [5.41, 5.74) is 5.47. The van der Waals surface area contributed by atoms with Crippen molar-refractivity contribution in [2.24, 2.45) is 5.92 Å². The van der Waals surface area contributed by atoms with E-state index in [2.05, 4.69) is 20.3 Å². The predicted molar refractivity (Wildman–Crippen MR) is 52.0 cm³/mol. The van der Waals surface area contributed by atoms with Gasteiger partial charge in [0.25, 0.3) is 0 Å². The third-order valence-electron chi connectivity index (χ3n) is 2.06. The van der Waals surface area contributed by atoms with E-state index in [1.165, 1.54) is 20.0 Å². The van der Waals surface area contributed by atoms with Crippen molar-refractivity contribution in [3.8, 4) is 6.01 Å². The number of aromatic nitrogens is 3. The van der Waals surface area contributed by atoms with Crippen molar-refractivity contribution in [3.63, 3.8) is 0 Å². The SMILES string of the molecule is COc1nc(N)nc(NCC2CC2)n1. The molecule has 6 nitrogen and oxygen atoms in total. The molecule has 1 saturated carbocycles. The minimum atomic E-state index is 0.176. The van der Waals surface area contributed by atoms with Crippen LogP contribution < -0.4 is 15.8 Å². The Bertz CT molecular complexity index is 326. The third kappa shape index (κ3) is 2.21. The van der Waals surface area contributed by atoms with Gasteiger partial charge < -0.3 is 15.8 Å². The first-order valence-electron chi connectivity index (χ1n) is 4.57. The molecular formula is C8H13N5O. The highest BCUT2D eigenvalue weighted by Gasteiger charge is 2.21. The second-order valence-electron chi connectivity index (χ2n) is 3.33. The maximum absolute atomic E-state index is 5.47. The lowest BCUT2D eigenvalue weighted by Gasteiger charge is -2.04. The summed E-state index contributed by atoms with van der Waals surface area (Å²) in [7, 11) is 1.50. The average molecular weight is 195 g/mol. The van der Waals surface area contributed by atoms with Crippen molar-refractivity contribution >= 4 is 11.9 Å². The number of hydrogen-bond acceptors (Lipinski definition) is 6. The largest absolute Gasteiger partial charge is 0.467 e. The Kier molecular flexibility index (Phi) is 2.34. The van der Waals surface area contributed by atoms with Gasteiger partial charge in [-0.15, -0.1) is 0 Å². The minimum absolute atomic E-state index is 0.176. The van der Waals surface area contributed by atoms with Crippen LogP contribution in [-0.4, -0.2) is 28.6 Å². The molecular weight excluding hydrogens is 182 g/mol. The van der Waals surface area contributed by atoms with E-state index < -0.39 is 0 Å². The Morgan fingerprint density at radius 2 is 2.21 bits per heavy atom. The summed E-state index contributed by atoms with van der Waals surface area (Å²) in [4.78, 5) is 11.8. The molecule has 1 fully saturated rings. The molecule has 2 rings (SSSR count). The Morgan fingerprint density at radius 1 is 1.43 bits per heavy atom. The first-order valence-corrected chi connectivity index (χ1v) is 4.57. The van der Waals surface area contributed by atoms with Crippen LogP contribution in [0.2, 0.25) is 0 Å². The van der Waals surface area contributed by atoms with Gasteiger partial charge in [-0.1, -0.05) is 0 Å². The highest BCUT2D eigenvalue weighted by atomic mass is 16.5. The van der Waals surface area contributed by atoms with Gasteiger partial charge in [0.05, 0.1) is 7.11 Å². The van der Waals surface area contributed by atoms with Crippen LogP contribution in [0.1, 0.15) is 12.8 Å². The quantitative estimate of drug-likeness (QED) is 0.717. The number of nitrogens with zero attached hydrogens (tertiary/aromatic N) is 3. The molecule has 0 aliphatic heterocycles. The van der Waals surface area contributed by atoms with Crippen molar-refractivity contribution in [1.29, 1.82) is 0 Å². The van der Waals surface area contributed by atoms with E-state index in [-0.39, 0.29) is 12.0 Å². The molecule has 0 aromatic carbocycles. The molecule has 0 saturated heterocycles. The van der Waals surface area contributed by atoms with E-state index >= 15 is 0 Å². The van der Waals surface area contributed by atoms with Gasteiger partial charge in [-0.2, -0.15) is 15.0 Å². The lowest BCUT2D eigenvalue weighted by molar-refractivity contribution is 0.379. The predicted octanol–water partition coefficient (Wildman–Crippen LogP) is 0.284. The Morgan fingerprint density at radius 3 is 2.86 bits per heavy atom. The highest BCUT2D eigenvalue weighted by molar-refractivity contribution is 5.32. The molecule has 0 unspecified atom stereocenters. The number of anilines is 2. The van der Waals surface area contributed by atoms with Crippen LogP contribution in [0, 0.1) is 5.92 Å². The molecule has 0 spiro atoms. The van der Waals surface area contributed by atoms with Gasteiger partial charge in [0.2, 0.25) is 11.9 Å². The number of rotatable bonds is 4. The monoisotopic (exact) mass is 195 g/mol.